The first-order valence-electron chi connectivity index (χ1n) is 9.07. The first-order valence-corrected chi connectivity index (χ1v) is 10.9. The number of amides is 1. The Balaban J connectivity index is 2.28. The highest BCUT2D eigenvalue weighted by molar-refractivity contribution is 7.92. The Morgan fingerprint density at radius 2 is 1.71 bits per heavy atom. The van der Waals surface area contributed by atoms with Gasteiger partial charge in [-0.05, 0) is 55.0 Å². The molecule has 28 heavy (non-hydrogen) atoms. The fourth-order valence-electron chi connectivity index (χ4n) is 2.59. The molecule has 152 valence electrons. The molecule has 8 heteroatoms. The molecule has 6 nitrogen and oxygen atoms in total. The molecule has 0 saturated heterocycles. The number of unbranched alkanes of at least 4 members (excludes halogenated alkanes) is 2. The van der Waals surface area contributed by atoms with Gasteiger partial charge in [-0.3, -0.25) is 9.10 Å². The summed E-state index contributed by atoms with van der Waals surface area (Å²) in [5.74, 6) is 0.189. The summed E-state index contributed by atoms with van der Waals surface area (Å²) in [6, 6.07) is 12.4. The van der Waals surface area contributed by atoms with E-state index in [9.17, 15) is 13.2 Å². The number of methoxy groups -OCH3 is 1. The molecule has 0 heterocycles. The maximum Gasteiger partial charge on any atom is 0.264 e. The number of carbonyl (C=O) groups is 1. The van der Waals surface area contributed by atoms with E-state index < -0.39 is 10.0 Å². The van der Waals surface area contributed by atoms with Crippen molar-refractivity contribution in [2.75, 3.05) is 24.5 Å². The fourth-order valence-corrected chi connectivity index (χ4v) is 4.13. The molecule has 0 spiro atoms. The molecule has 1 amide bonds. The number of nitrogens with one attached hydrogen (secondary N) is 1. The molecule has 0 bridgehead atoms. The third kappa shape index (κ3) is 5.87. The van der Waals surface area contributed by atoms with Crippen LogP contribution >= 0.6 is 11.6 Å². The summed E-state index contributed by atoms with van der Waals surface area (Å²) < 4.78 is 32.6. The zero-order valence-corrected chi connectivity index (χ0v) is 17.6. The lowest BCUT2D eigenvalue weighted by molar-refractivity contribution is -0.119. The van der Waals surface area contributed by atoms with Gasteiger partial charge in [-0.2, -0.15) is 0 Å². The molecule has 2 aromatic rings. The highest BCUT2D eigenvalue weighted by atomic mass is 35.5. The van der Waals surface area contributed by atoms with Crippen LogP contribution in [0.25, 0.3) is 0 Å². The molecule has 0 aromatic heterocycles. The second-order valence-corrected chi connectivity index (χ2v) is 8.52. The lowest BCUT2D eigenvalue weighted by atomic mass is 10.2. The second-order valence-electron chi connectivity index (χ2n) is 6.22. The van der Waals surface area contributed by atoms with Gasteiger partial charge in [-0.15, -0.1) is 0 Å². The molecular weight excluding hydrogens is 400 g/mol. The van der Waals surface area contributed by atoms with Crippen LogP contribution in [0.2, 0.25) is 5.02 Å². The number of hydrogen-bond donors (Lipinski definition) is 1. The maximum atomic E-state index is 13.2. The van der Waals surface area contributed by atoms with E-state index in [-0.39, 0.29) is 17.3 Å². The number of nitrogens with zero attached hydrogens (tertiary/aromatic N) is 1. The van der Waals surface area contributed by atoms with Gasteiger partial charge < -0.3 is 10.1 Å². The smallest absolute Gasteiger partial charge is 0.264 e. The average Bonchev–Trinajstić information content (AvgIpc) is 2.70. The summed E-state index contributed by atoms with van der Waals surface area (Å²) in [6.45, 7) is 2.28. The van der Waals surface area contributed by atoms with Crippen LogP contribution in [0, 0.1) is 0 Å². The molecule has 1 N–H and O–H groups in total. The fraction of sp³-hybridized carbons (Fsp3) is 0.350. The predicted molar refractivity (Wildman–Crippen MR) is 112 cm³/mol. The quantitative estimate of drug-likeness (QED) is 0.588. The van der Waals surface area contributed by atoms with Gasteiger partial charge in [-0.25, -0.2) is 8.42 Å². The van der Waals surface area contributed by atoms with Crippen LogP contribution < -0.4 is 14.4 Å². The van der Waals surface area contributed by atoms with Crippen molar-refractivity contribution in [1.29, 1.82) is 0 Å². The van der Waals surface area contributed by atoms with Crippen LogP contribution in [0.1, 0.15) is 26.2 Å². The van der Waals surface area contributed by atoms with E-state index in [0.29, 0.717) is 23.0 Å². The molecule has 0 aliphatic carbocycles. The van der Waals surface area contributed by atoms with Crippen molar-refractivity contribution in [3.8, 4) is 5.75 Å². The third-order valence-electron chi connectivity index (χ3n) is 4.15. The van der Waals surface area contributed by atoms with Crippen molar-refractivity contribution < 1.29 is 17.9 Å². The van der Waals surface area contributed by atoms with E-state index in [2.05, 4.69) is 12.2 Å². The molecule has 0 saturated carbocycles. The van der Waals surface area contributed by atoms with Crippen LogP contribution in [0.3, 0.4) is 0 Å². The molecule has 0 atom stereocenters. The summed E-state index contributed by atoms with van der Waals surface area (Å²) in [5.41, 5.74) is 0.365. The van der Waals surface area contributed by atoms with E-state index in [1.165, 1.54) is 19.2 Å². The van der Waals surface area contributed by atoms with Gasteiger partial charge in [0.05, 0.1) is 17.7 Å². The van der Waals surface area contributed by atoms with E-state index >= 15 is 0 Å². The molecule has 2 aromatic carbocycles. The molecule has 0 unspecified atom stereocenters. The Bertz CT molecular complexity index is 868. The van der Waals surface area contributed by atoms with Crippen molar-refractivity contribution in [2.24, 2.45) is 0 Å². The molecule has 0 aliphatic heterocycles. The van der Waals surface area contributed by atoms with Crippen LogP contribution in [-0.4, -0.2) is 34.5 Å². The number of carbonyl (C=O) groups excluding carboxylic acids is 1. The van der Waals surface area contributed by atoms with E-state index in [1.54, 1.807) is 36.4 Å². The zero-order valence-electron chi connectivity index (χ0n) is 16.0. The van der Waals surface area contributed by atoms with Gasteiger partial charge in [0.15, 0.2) is 0 Å². The van der Waals surface area contributed by atoms with Crippen LogP contribution in [0.4, 0.5) is 5.69 Å². The topological polar surface area (TPSA) is 75.7 Å². The summed E-state index contributed by atoms with van der Waals surface area (Å²) >= 11 is 5.92. The number of halogens is 1. The Morgan fingerprint density at radius 1 is 1.07 bits per heavy atom. The van der Waals surface area contributed by atoms with Crippen LogP contribution in [0.15, 0.2) is 53.4 Å². The Labute approximate surface area is 171 Å². The number of hydrogen-bond acceptors (Lipinski definition) is 4. The number of benzene rings is 2. The Kier molecular flexibility index (Phi) is 8.14. The van der Waals surface area contributed by atoms with Crippen molar-refractivity contribution >= 4 is 33.2 Å². The minimum atomic E-state index is -3.95. The standard InChI is InChI=1S/C20H25ClN2O4S/c1-3-4-5-14-22-20(24)15-23(17-8-6-16(21)7-9-17)28(25,26)19-12-10-18(27-2)11-13-19/h6-13H,3-5,14-15H2,1-2H3,(H,22,24). The maximum absolute atomic E-state index is 13.2. The second kappa shape index (κ2) is 10.3. The van der Waals surface area contributed by atoms with E-state index in [4.69, 9.17) is 16.3 Å². The number of anilines is 1. The van der Waals surface area contributed by atoms with Crippen LogP contribution in [0.5, 0.6) is 5.75 Å². The molecule has 0 aliphatic rings. The van der Waals surface area contributed by atoms with Gasteiger partial charge in [-0.1, -0.05) is 31.4 Å². The van der Waals surface area contributed by atoms with Crippen molar-refractivity contribution in [2.45, 2.75) is 31.1 Å². The van der Waals surface area contributed by atoms with Crippen molar-refractivity contribution in [1.82, 2.24) is 5.32 Å². The van der Waals surface area contributed by atoms with Gasteiger partial charge in [0, 0.05) is 11.6 Å². The Morgan fingerprint density at radius 3 is 2.29 bits per heavy atom. The lowest BCUT2D eigenvalue weighted by Gasteiger charge is -2.24. The summed E-state index contributed by atoms with van der Waals surface area (Å²) in [4.78, 5) is 12.4. The first-order chi connectivity index (χ1) is 13.4. The lowest BCUT2D eigenvalue weighted by Crippen LogP contribution is -2.41. The molecule has 2 rings (SSSR count). The summed E-state index contributed by atoms with van der Waals surface area (Å²) in [6.07, 6.45) is 2.90. The molecule has 0 radical (unpaired) electrons. The molecule has 0 fully saturated rings. The van der Waals surface area contributed by atoms with Gasteiger partial charge in [0.2, 0.25) is 5.91 Å². The number of rotatable bonds is 10. The predicted octanol–water partition coefficient (Wildman–Crippen LogP) is 3.85. The van der Waals surface area contributed by atoms with Crippen molar-refractivity contribution in [3.05, 3.63) is 53.6 Å². The SMILES string of the molecule is CCCCCNC(=O)CN(c1ccc(Cl)cc1)S(=O)(=O)c1ccc(OC)cc1. The number of sulfonamides is 1. The molecular formula is C20H25ClN2O4S. The van der Waals surface area contributed by atoms with E-state index in [1.807, 2.05) is 0 Å². The first kappa shape index (κ1) is 22.0. The Hall–Kier alpha value is -2.25. The largest absolute Gasteiger partial charge is 0.497 e. The minimum Gasteiger partial charge on any atom is -0.497 e. The van der Waals surface area contributed by atoms with Crippen LogP contribution in [-0.2, 0) is 14.8 Å². The summed E-state index contributed by atoms with van der Waals surface area (Å²) in [7, 11) is -2.44. The zero-order chi connectivity index (χ0) is 20.6. The highest BCUT2D eigenvalue weighted by Crippen LogP contribution is 2.26. The summed E-state index contributed by atoms with van der Waals surface area (Å²) in [5, 5.41) is 3.26. The normalized spacial score (nSPS) is 11.1. The van der Waals surface area contributed by atoms with Gasteiger partial charge >= 0.3 is 0 Å². The average molecular weight is 425 g/mol. The van der Waals surface area contributed by atoms with Gasteiger partial charge in [0.1, 0.15) is 12.3 Å². The highest BCUT2D eigenvalue weighted by Gasteiger charge is 2.27. The van der Waals surface area contributed by atoms with E-state index in [0.717, 1.165) is 23.6 Å². The monoisotopic (exact) mass is 424 g/mol. The van der Waals surface area contributed by atoms with Crippen molar-refractivity contribution in [3.63, 3.8) is 0 Å². The van der Waals surface area contributed by atoms with Gasteiger partial charge in [0.25, 0.3) is 10.0 Å². The number of ether oxygens (including phenoxy) is 1. The minimum absolute atomic E-state index is 0.0713. The third-order valence-corrected chi connectivity index (χ3v) is 6.19.